The summed E-state index contributed by atoms with van der Waals surface area (Å²) in [5, 5.41) is 11.0. The molecule has 0 aliphatic rings. The van der Waals surface area contributed by atoms with E-state index in [4.69, 9.17) is 9.84 Å². The van der Waals surface area contributed by atoms with E-state index in [1.165, 1.54) is 70.6 Å². The first-order valence-electron chi connectivity index (χ1n) is 18.1. The lowest BCUT2D eigenvalue weighted by Crippen LogP contribution is -2.28. The summed E-state index contributed by atoms with van der Waals surface area (Å²) in [5.74, 6) is -1.28. The minimum absolute atomic E-state index is 0.0179. The van der Waals surface area contributed by atoms with Crippen LogP contribution in [0.5, 0.6) is 0 Å². The molecule has 0 bridgehead atoms. The van der Waals surface area contributed by atoms with Gasteiger partial charge in [-0.25, -0.2) is 0 Å². The van der Waals surface area contributed by atoms with E-state index < -0.39 is 5.97 Å². The highest BCUT2D eigenvalue weighted by molar-refractivity contribution is 5.80. The molecule has 0 aliphatic heterocycles. The summed E-state index contributed by atoms with van der Waals surface area (Å²) in [4.78, 5) is 34.8. The molecule has 44 heavy (non-hydrogen) atoms. The highest BCUT2D eigenvalue weighted by Crippen LogP contribution is 2.17. The Kier molecular flexibility index (Phi) is 31.7. The number of hydrogen-bond donors (Lipinski definition) is 2. The Morgan fingerprint density at radius 3 is 1.75 bits per heavy atom. The lowest BCUT2D eigenvalue weighted by atomic mass is 10.0. The van der Waals surface area contributed by atoms with Gasteiger partial charge in [-0.05, 0) is 83.5 Å². The van der Waals surface area contributed by atoms with Gasteiger partial charge in [-0.15, -0.1) is 0 Å². The summed E-state index contributed by atoms with van der Waals surface area (Å²) < 4.78 is 5.96. The molecule has 6 heteroatoms. The van der Waals surface area contributed by atoms with Crippen LogP contribution in [0.4, 0.5) is 0 Å². The molecular weight excluding hydrogens is 550 g/mol. The van der Waals surface area contributed by atoms with Gasteiger partial charge in [-0.1, -0.05) is 115 Å². The van der Waals surface area contributed by atoms with E-state index in [0.717, 1.165) is 77.0 Å². The Labute approximate surface area is 270 Å². The number of carbonyl (C=O) groups excluding carboxylic acids is 2. The molecule has 6 nitrogen and oxygen atoms in total. The van der Waals surface area contributed by atoms with Crippen molar-refractivity contribution in [3.63, 3.8) is 0 Å². The van der Waals surface area contributed by atoms with E-state index in [1.807, 2.05) is 0 Å². The van der Waals surface area contributed by atoms with Crippen LogP contribution in [0.2, 0.25) is 0 Å². The minimum atomic E-state index is -1.02. The molecule has 0 aromatic rings. The summed E-state index contributed by atoms with van der Waals surface area (Å²) >= 11 is 0. The number of aliphatic carboxylic acids is 1. The molecule has 1 atom stereocenters. The van der Waals surface area contributed by atoms with Crippen LogP contribution in [0.3, 0.4) is 0 Å². The first-order valence-corrected chi connectivity index (χ1v) is 18.1. The second kappa shape index (κ2) is 33.5. The number of nitrogens with one attached hydrogen (secondary N) is 1. The predicted octanol–water partition coefficient (Wildman–Crippen LogP) is 10.6. The molecule has 2 N–H and O–H groups in total. The van der Waals surface area contributed by atoms with Crippen LogP contribution in [-0.2, 0) is 19.1 Å². The SMILES string of the molecule is CCCC/C=C\CCCCCCCC(=O)OC(CCC/C=C\C/C=C\CCCCC)CCCCCCCC(=O)NCC(=O)O. The molecule has 0 spiro atoms. The van der Waals surface area contributed by atoms with Crippen molar-refractivity contribution >= 4 is 17.8 Å². The van der Waals surface area contributed by atoms with Gasteiger partial charge in [0.1, 0.15) is 12.6 Å². The molecule has 1 amide bonds. The number of carbonyl (C=O) groups is 3. The zero-order chi connectivity index (χ0) is 32.4. The molecule has 0 aromatic carbocycles. The van der Waals surface area contributed by atoms with Crippen molar-refractivity contribution in [2.45, 2.75) is 180 Å². The number of carboxylic acids is 1. The number of hydrogen-bond acceptors (Lipinski definition) is 4. The van der Waals surface area contributed by atoms with Crippen LogP contribution >= 0.6 is 0 Å². The molecule has 0 heterocycles. The van der Waals surface area contributed by atoms with Gasteiger partial charge in [-0.3, -0.25) is 14.4 Å². The van der Waals surface area contributed by atoms with Crippen molar-refractivity contribution in [2.24, 2.45) is 0 Å². The number of amides is 1. The van der Waals surface area contributed by atoms with Crippen LogP contribution in [0.15, 0.2) is 36.5 Å². The summed E-state index contributed by atoms with van der Waals surface area (Å²) in [6.07, 6.45) is 39.7. The average Bonchev–Trinajstić information content (AvgIpc) is 3.00. The largest absolute Gasteiger partial charge is 0.480 e. The number of unbranched alkanes of at least 4 members (excludes halogenated alkanes) is 15. The third-order valence-corrected chi connectivity index (χ3v) is 7.78. The van der Waals surface area contributed by atoms with Gasteiger partial charge in [0.25, 0.3) is 0 Å². The van der Waals surface area contributed by atoms with Crippen molar-refractivity contribution in [1.29, 1.82) is 0 Å². The fourth-order valence-corrected chi connectivity index (χ4v) is 5.06. The van der Waals surface area contributed by atoms with Crippen molar-refractivity contribution in [3.05, 3.63) is 36.5 Å². The number of ether oxygens (including phenoxy) is 1. The number of carboxylic acid groups (broad SMARTS) is 1. The van der Waals surface area contributed by atoms with Crippen LogP contribution in [-0.4, -0.2) is 35.6 Å². The maximum atomic E-state index is 12.6. The Morgan fingerprint density at radius 2 is 1.09 bits per heavy atom. The van der Waals surface area contributed by atoms with Gasteiger partial charge in [0.15, 0.2) is 0 Å². The van der Waals surface area contributed by atoms with Crippen molar-refractivity contribution in [1.82, 2.24) is 5.32 Å². The van der Waals surface area contributed by atoms with E-state index in [1.54, 1.807) is 0 Å². The Bertz CT molecular complexity index is 773. The zero-order valence-electron chi connectivity index (χ0n) is 28.5. The molecule has 0 radical (unpaired) electrons. The molecule has 0 saturated heterocycles. The van der Waals surface area contributed by atoms with Crippen LogP contribution < -0.4 is 5.32 Å². The highest BCUT2D eigenvalue weighted by Gasteiger charge is 2.14. The zero-order valence-corrected chi connectivity index (χ0v) is 28.5. The third kappa shape index (κ3) is 32.5. The molecule has 1 unspecified atom stereocenters. The molecule has 0 aromatic heterocycles. The quantitative estimate of drug-likeness (QED) is 0.0445. The monoisotopic (exact) mass is 618 g/mol. The molecule has 0 saturated carbocycles. The van der Waals surface area contributed by atoms with Gasteiger partial charge in [0.2, 0.25) is 5.91 Å². The molecule has 0 fully saturated rings. The average molecular weight is 618 g/mol. The molecule has 0 aliphatic carbocycles. The van der Waals surface area contributed by atoms with Crippen LogP contribution in [0.1, 0.15) is 174 Å². The summed E-state index contributed by atoms with van der Waals surface area (Å²) in [6, 6.07) is 0. The van der Waals surface area contributed by atoms with Gasteiger partial charge in [0.05, 0.1) is 0 Å². The van der Waals surface area contributed by atoms with Crippen LogP contribution in [0.25, 0.3) is 0 Å². The number of rotatable bonds is 32. The molecule has 254 valence electrons. The second-order valence-corrected chi connectivity index (χ2v) is 12.1. The first kappa shape index (κ1) is 41.6. The van der Waals surface area contributed by atoms with E-state index in [0.29, 0.717) is 12.8 Å². The van der Waals surface area contributed by atoms with Crippen molar-refractivity contribution < 1.29 is 24.2 Å². The summed E-state index contributed by atoms with van der Waals surface area (Å²) in [5.41, 5.74) is 0. The Morgan fingerprint density at radius 1 is 0.591 bits per heavy atom. The van der Waals surface area contributed by atoms with Crippen molar-refractivity contribution in [3.8, 4) is 0 Å². The van der Waals surface area contributed by atoms with Gasteiger partial charge in [0, 0.05) is 12.8 Å². The fourth-order valence-electron chi connectivity index (χ4n) is 5.06. The predicted molar refractivity (Wildman–Crippen MR) is 185 cm³/mol. The van der Waals surface area contributed by atoms with E-state index in [2.05, 4.69) is 55.6 Å². The van der Waals surface area contributed by atoms with Gasteiger partial charge < -0.3 is 15.2 Å². The van der Waals surface area contributed by atoms with E-state index in [9.17, 15) is 14.4 Å². The lowest BCUT2D eigenvalue weighted by Gasteiger charge is -2.18. The van der Waals surface area contributed by atoms with E-state index in [-0.39, 0.29) is 24.5 Å². The first-order chi connectivity index (χ1) is 21.5. The van der Waals surface area contributed by atoms with Crippen molar-refractivity contribution in [2.75, 3.05) is 6.54 Å². The Balaban J connectivity index is 4.28. The van der Waals surface area contributed by atoms with Gasteiger partial charge in [-0.2, -0.15) is 0 Å². The maximum absolute atomic E-state index is 12.6. The number of allylic oxidation sites excluding steroid dienone is 6. The number of esters is 1. The van der Waals surface area contributed by atoms with Crippen LogP contribution in [0, 0.1) is 0 Å². The topological polar surface area (TPSA) is 92.7 Å². The summed E-state index contributed by atoms with van der Waals surface area (Å²) in [7, 11) is 0. The van der Waals surface area contributed by atoms with Gasteiger partial charge >= 0.3 is 11.9 Å². The smallest absolute Gasteiger partial charge is 0.322 e. The second-order valence-electron chi connectivity index (χ2n) is 12.1. The molecular formula is C38H67NO5. The lowest BCUT2D eigenvalue weighted by molar-refractivity contribution is -0.150. The highest BCUT2D eigenvalue weighted by atomic mass is 16.5. The molecule has 0 rings (SSSR count). The third-order valence-electron chi connectivity index (χ3n) is 7.78. The minimum Gasteiger partial charge on any atom is -0.480 e. The summed E-state index contributed by atoms with van der Waals surface area (Å²) in [6.45, 7) is 4.14. The maximum Gasteiger partial charge on any atom is 0.322 e. The normalized spacial score (nSPS) is 12.4. The standard InChI is InChI=1S/C38H67NO5/c1-3-5-7-9-11-13-15-17-19-22-26-30-35(31-27-23-21-24-28-32-36(40)39-34-37(41)42)44-38(43)33-29-25-20-18-16-14-12-10-8-6-4-2/h10-13,17,19,35H,3-9,14-16,18,20-34H2,1-2H3,(H,39,40)(H,41,42)/b12-10-,13-11-,19-17-. The Hall–Kier alpha value is -2.37. The van der Waals surface area contributed by atoms with E-state index >= 15 is 0 Å². The fraction of sp³-hybridized carbons (Fsp3) is 0.763.